The van der Waals surface area contributed by atoms with E-state index >= 15 is 0 Å². The number of aryl methyl sites for hydroxylation is 1. The number of ether oxygens (including phenoxy) is 1. The number of rotatable bonds is 4. The SMILES string of the molecule is CCOC(=O)Cn1cc(-c2cc(C)c(Br)cn2)nn1. The summed E-state index contributed by atoms with van der Waals surface area (Å²) in [5.74, 6) is -0.334. The smallest absolute Gasteiger partial charge is 0.327 e. The van der Waals surface area contributed by atoms with Crippen LogP contribution in [-0.2, 0) is 16.1 Å². The molecule has 2 aromatic rings. The molecule has 100 valence electrons. The average Bonchev–Trinajstić information content (AvgIpc) is 2.81. The minimum atomic E-state index is -0.334. The van der Waals surface area contributed by atoms with Crippen molar-refractivity contribution in [3.63, 3.8) is 0 Å². The van der Waals surface area contributed by atoms with Gasteiger partial charge < -0.3 is 4.74 Å². The Morgan fingerprint density at radius 1 is 1.47 bits per heavy atom. The van der Waals surface area contributed by atoms with E-state index < -0.39 is 0 Å². The van der Waals surface area contributed by atoms with Crippen LogP contribution >= 0.6 is 15.9 Å². The van der Waals surface area contributed by atoms with E-state index in [2.05, 4.69) is 31.2 Å². The zero-order chi connectivity index (χ0) is 13.8. The lowest BCUT2D eigenvalue weighted by Gasteiger charge is -2.00. The molecule has 0 radical (unpaired) electrons. The summed E-state index contributed by atoms with van der Waals surface area (Å²) in [5.41, 5.74) is 2.40. The minimum absolute atomic E-state index is 0.0519. The van der Waals surface area contributed by atoms with Crippen LogP contribution in [0.1, 0.15) is 12.5 Å². The Labute approximate surface area is 118 Å². The number of nitrogens with zero attached hydrogens (tertiary/aromatic N) is 4. The van der Waals surface area contributed by atoms with Crippen molar-refractivity contribution in [2.75, 3.05) is 6.61 Å². The van der Waals surface area contributed by atoms with Crippen molar-refractivity contribution in [3.8, 4) is 11.4 Å². The van der Waals surface area contributed by atoms with Gasteiger partial charge in [0, 0.05) is 10.7 Å². The van der Waals surface area contributed by atoms with Crippen LogP contribution in [0.2, 0.25) is 0 Å². The number of carbonyl (C=O) groups excluding carboxylic acids is 1. The lowest BCUT2D eigenvalue weighted by atomic mass is 10.2. The van der Waals surface area contributed by atoms with Gasteiger partial charge in [0.2, 0.25) is 0 Å². The first-order valence-corrected chi connectivity index (χ1v) is 6.57. The number of pyridine rings is 1. The first kappa shape index (κ1) is 13.7. The molecule has 0 fully saturated rings. The van der Waals surface area contributed by atoms with Crippen LogP contribution < -0.4 is 0 Å². The van der Waals surface area contributed by atoms with Gasteiger partial charge in [0.25, 0.3) is 0 Å². The lowest BCUT2D eigenvalue weighted by molar-refractivity contribution is -0.144. The van der Waals surface area contributed by atoms with Gasteiger partial charge in [-0.1, -0.05) is 5.21 Å². The molecule has 2 rings (SSSR count). The quantitative estimate of drug-likeness (QED) is 0.804. The second-order valence-electron chi connectivity index (χ2n) is 3.93. The fourth-order valence-electron chi connectivity index (χ4n) is 1.51. The first-order valence-electron chi connectivity index (χ1n) is 5.78. The molecule has 0 aliphatic heterocycles. The molecule has 0 N–H and O–H groups in total. The van der Waals surface area contributed by atoms with E-state index in [4.69, 9.17) is 4.74 Å². The number of esters is 1. The molecule has 0 aromatic carbocycles. The molecule has 0 atom stereocenters. The summed E-state index contributed by atoms with van der Waals surface area (Å²) in [5, 5.41) is 7.88. The standard InChI is InChI=1S/C12H13BrN4O2/c1-3-19-12(18)7-17-6-11(15-16-17)10-4-8(2)9(13)5-14-10/h4-6H,3,7H2,1-2H3. The van der Waals surface area contributed by atoms with Crippen LogP contribution in [0.15, 0.2) is 22.9 Å². The van der Waals surface area contributed by atoms with Crippen LogP contribution in [0, 0.1) is 6.92 Å². The highest BCUT2D eigenvalue weighted by Gasteiger charge is 2.09. The summed E-state index contributed by atoms with van der Waals surface area (Å²) in [6.07, 6.45) is 3.39. The Balaban J connectivity index is 2.16. The number of aromatic nitrogens is 4. The summed E-state index contributed by atoms with van der Waals surface area (Å²) >= 11 is 3.39. The maximum atomic E-state index is 11.3. The molecular formula is C12H13BrN4O2. The fraction of sp³-hybridized carbons (Fsp3) is 0.333. The van der Waals surface area contributed by atoms with Crippen LogP contribution in [0.25, 0.3) is 11.4 Å². The van der Waals surface area contributed by atoms with Gasteiger partial charge >= 0.3 is 5.97 Å². The van der Waals surface area contributed by atoms with E-state index in [-0.39, 0.29) is 12.5 Å². The Hall–Kier alpha value is -1.76. The van der Waals surface area contributed by atoms with E-state index in [1.807, 2.05) is 13.0 Å². The molecule has 0 bridgehead atoms. The topological polar surface area (TPSA) is 69.9 Å². The van der Waals surface area contributed by atoms with Crippen LogP contribution in [0.4, 0.5) is 0 Å². The van der Waals surface area contributed by atoms with Crippen LogP contribution in [-0.4, -0.2) is 32.6 Å². The van der Waals surface area contributed by atoms with Gasteiger partial charge in [-0.3, -0.25) is 9.78 Å². The molecule has 6 nitrogen and oxygen atoms in total. The predicted molar refractivity (Wildman–Crippen MR) is 72.3 cm³/mol. The van der Waals surface area contributed by atoms with Crippen molar-refractivity contribution in [3.05, 3.63) is 28.5 Å². The Bertz CT molecular complexity index is 597. The maximum absolute atomic E-state index is 11.3. The van der Waals surface area contributed by atoms with Gasteiger partial charge in [-0.25, -0.2) is 4.68 Å². The molecule has 0 aliphatic carbocycles. The number of halogens is 1. The van der Waals surface area contributed by atoms with Crippen molar-refractivity contribution in [1.82, 2.24) is 20.0 Å². The fourth-order valence-corrected chi connectivity index (χ4v) is 1.73. The summed E-state index contributed by atoms with van der Waals surface area (Å²) < 4.78 is 7.22. The van der Waals surface area contributed by atoms with E-state index in [0.717, 1.165) is 15.7 Å². The lowest BCUT2D eigenvalue weighted by Crippen LogP contribution is -2.13. The van der Waals surface area contributed by atoms with Gasteiger partial charge in [-0.05, 0) is 41.4 Å². The third-order valence-corrected chi connectivity index (χ3v) is 3.27. The molecule has 0 aliphatic rings. The zero-order valence-electron chi connectivity index (χ0n) is 10.6. The summed E-state index contributed by atoms with van der Waals surface area (Å²) in [6.45, 7) is 4.14. The van der Waals surface area contributed by atoms with Crippen LogP contribution in [0.5, 0.6) is 0 Å². The Morgan fingerprint density at radius 3 is 2.95 bits per heavy atom. The highest BCUT2D eigenvalue weighted by atomic mass is 79.9. The molecule has 2 heterocycles. The largest absolute Gasteiger partial charge is 0.465 e. The van der Waals surface area contributed by atoms with Crippen molar-refractivity contribution >= 4 is 21.9 Å². The Morgan fingerprint density at radius 2 is 2.26 bits per heavy atom. The molecule has 0 amide bonds. The molecular weight excluding hydrogens is 312 g/mol. The third-order valence-electron chi connectivity index (χ3n) is 2.44. The minimum Gasteiger partial charge on any atom is -0.465 e. The van der Waals surface area contributed by atoms with Crippen molar-refractivity contribution in [1.29, 1.82) is 0 Å². The Kier molecular flexibility index (Phi) is 4.26. The van der Waals surface area contributed by atoms with Crippen molar-refractivity contribution in [2.45, 2.75) is 20.4 Å². The summed E-state index contributed by atoms with van der Waals surface area (Å²) in [6, 6.07) is 1.91. The highest BCUT2D eigenvalue weighted by molar-refractivity contribution is 9.10. The maximum Gasteiger partial charge on any atom is 0.327 e. The van der Waals surface area contributed by atoms with Gasteiger partial charge in [0.1, 0.15) is 12.2 Å². The van der Waals surface area contributed by atoms with E-state index in [1.165, 1.54) is 4.68 Å². The monoisotopic (exact) mass is 324 g/mol. The first-order chi connectivity index (χ1) is 9.10. The second kappa shape index (κ2) is 5.92. The van der Waals surface area contributed by atoms with Gasteiger partial charge in [0.15, 0.2) is 0 Å². The van der Waals surface area contributed by atoms with Gasteiger partial charge in [-0.15, -0.1) is 5.10 Å². The summed E-state index contributed by atoms with van der Waals surface area (Å²) in [4.78, 5) is 15.6. The molecule has 7 heteroatoms. The number of hydrogen-bond donors (Lipinski definition) is 0. The molecule has 0 saturated heterocycles. The normalized spacial score (nSPS) is 10.5. The van der Waals surface area contributed by atoms with Crippen molar-refractivity contribution in [2.24, 2.45) is 0 Å². The molecule has 0 saturated carbocycles. The van der Waals surface area contributed by atoms with E-state index in [0.29, 0.717) is 12.3 Å². The van der Waals surface area contributed by atoms with E-state index in [9.17, 15) is 4.79 Å². The highest BCUT2D eigenvalue weighted by Crippen LogP contribution is 2.20. The number of hydrogen-bond acceptors (Lipinski definition) is 5. The average molecular weight is 325 g/mol. The van der Waals surface area contributed by atoms with E-state index in [1.54, 1.807) is 19.3 Å². The molecule has 0 spiro atoms. The zero-order valence-corrected chi connectivity index (χ0v) is 12.2. The van der Waals surface area contributed by atoms with Crippen LogP contribution in [0.3, 0.4) is 0 Å². The number of carbonyl (C=O) groups is 1. The van der Waals surface area contributed by atoms with Gasteiger partial charge in [0.05, 0.1) is 18.5 Å². The molecule has 0 unspecified atom stereocenters. The summed E-state index contributed by atoms with van der Waals surface area (Å²) in [7, 11) is 0. The third kappa shape index (κ3) is 3.37. The molecule has 2 aromatic heterocycles. The van der Waals surface area contributed by atoms with Crippen molar-refractivity contribution < 1.29 is 9.53 Å². The predicted octanol–water partition coefficient (Wildman–Crippen LogP) is 1.97. The second-order valence-corrected chi connectivity index (χ2v) is 4.78. The molecule has 19 heavy (non-hydrogen) atoms. The van der Waals surface area contributed by atoms with Gasteiger partial charge in [-0.2, -0.15) is 0 Å².